The molecular weight excluding hydrogens is 665 g/mol. The maximum absolute atomic E-state index is 2.41. The highest BCUT2D eigenvalue weighted by atomic mass is 15.2. The molecule has 0 saturated heterocycles. The number of hydrogen-bond acceptors (Lipinski definition) is 1. The number of likely N-dealkylation sites (N-methyl/N-ethyl adjacent to an activating group) is 1. The van der Waals surface area contributed by atoms with Gasteiger partial charge in [0.05, 0.1) is 7.05 Å². The maximum Gasteiger partial charge on any atom is 0.133 e. The van der Waals surface area contributed by atoms with Crippen molar-refractivity contribution in [3.05, 3.63) is 239 Å². The highest BCUT2D eigenvalue weighted by Gasteiger charge is 2.45. The Kier molecular flexibility index (Phi) is 13.5. The van der Waals surface area contributed by atoms with Gasteiger partial charge >= 0.3 is 0 Å². The molecule has 278 valence electrons. The molecule has 0 fully saturated rings. The summed E-state index contributed by atoms with van der Waals surface area (Å²) >= 11 is 0. The Hall–Kier alpha value is -5.70. The zero-order valence-corrected chi connectivity index (χ0v) is 33.1. The van der Waals surface area contributed by atoms with Crippen LogP contribution in [0.5, 0.6) is 0 Å². The van der Waals surface area contributed by atoms with E-state index in [1.54, 1.807) is 0 Å². The van der Waals surface area contributed by atoms with Gasteiger partial charge in [-0.2, -0.15) is 0 Å². The Morgan fingerprint density at radius 3 is 1.56 bits per heavy atom. The lowest BCUT2D eigenvalue weighted by Gasteiger charge is -2.35. The molecule has 2 N–H and O–H groups in total. The average molecular weight is 722 g/mol. The predicted octanol–water partition coefficient (Wildman–Crippen LogP) is 11.5. The third kappa shape index (κ3) is 9.16. The molecule has 6 aromatic carbocycles. The average Bonchev–Trinajstić information content (AvgIpc) is 3.46. The Morgan fingerprint density at radius 2 is 1.02 bits per heavy atom. The van der Waals surface area contributed by atoms with E-state index in [4.69, 9.17) is 0 Å². The molecule has 0 aliphatic carbocycles. The van der Waals surface area contributed by atoms with Crippen molar-refractivity contribution >= 4 is 11.4 Å². The summed E-state index contributed by atoms with van der Waals surface area (Å²) in [6.07, 6.45) is 16.2. The van der Waals surface area contributed by atoms with E-state index in [1.165, 1.54) is 50.5 Å². The van der Waals surface area contributed by atoms with Gasteiger partial charge in [0, 0.05) is 34.8 Å². The molecule has 2 heteroatoms. The van der Waals surface area contributed by atoms with E-state index < -0.39 is 0 Å². The molecule has 55 heavy (non-hydrogen) atoms. The van der Waals surface area contributed by atoms with Crippen LogP contribution in [0.25, 0.3) is 0 Å². The summed E-state index contributed by atoms with van der Waals surface area (Å²) in [7, 11) is 4.39. The maximum atomic E-state index is 2.41. The molecule has 2 nitrogen and oxygen atoms in total. The summed E-state index contributed by atoms with van der Waals surface area (Å²) in [5, 5.41) is 2.27. The fraction of sp³-hybridized carbons (Fsp3) is 0.208. The SMILES string of the molecule is CC.C[NH2+]c1ccccc1C(C/C=C/C=C/C=C1/N(C)c2ccccc2C1(Cc1ccccc1)Cc1ccccc1)(Cc1ccccc1)Cc1ccccc1. The summed E-state index contributed by atoms with van der Waals surface area (Å²) in [5.74, 6) is 0. The van der Waals surface area contributed by atoms with E-state index in [0.29, 0.717) is 0 Å². The van der Waals surface area contributed by atoms with Crippen molar-refractivity contribution in [2.75, 3.05) is 19.0 Å². The van der Waals surface area contributed by atoms with Crippen molar-refractivity contribution in [3.8, 4) is 0 Å². The number of allylic oxidation sites excluding steroid dienone is 6. The third-order valence-corrected chi connectivity index (χ3v) is 11.1. The van der Waals surface area contributed by atoms with Crippen LogP contribution in [0.4, 0.5) is 11.4 Å². The molecular formula is C53H57N2+. The largest absolute Gasteiger partial charge is 0.347 e. The summed E-state index contributed by atoms with van der Waals surface area (Å²) in [5.41, 5.74) is 11.8. The van der Waals surface area contributed by atoms with Crippen LogP contribution < -0.4 is 10.2 Å². The van der Waals surface area contributed by atoms with E-state index >= 15 is 0 Å². The molecule has 1 aliphatic rings. The quantitative estimate of drug-likeness (QED) is 0.0877. The third-order valence-electron chi connectivity index (χ3n) is 11.1. The molecule has 6 aromatic rings. The van der Waals surface area contributed by atoms with Crippen LogP contribution in [-0.4, -0.2) is 14.1 Å². The van der Waals surface area contributed by atoms with Crippen molar-refractivity contribution in [2.45, 2.75) is 56.8 Å². The van der Waals surface area contributed by atoms with Gasteiger partial charge in [0.15, 0.2) is 0 Å². The highest BCUT2D eigenvalue weighted by molar-refractivity contribution is 5.72. The first-order valence-corrected chi connectivity index (χ1v) is 20.0. The van der Waals surface area contributed by atoms with Crippen LogP contribution in [0, 0.1) is 0 Å². The lowest BCUT2D eigenvalue weighted by molar-refractivity contribution is -0.540. The number of para-hydroxylation sites is 2. The molecule has 0 atom stereocenters. The second-order valence-corrected chi connectivity index (χ2v) is 14.5. The van der Waals surface area contributed by atoms with Gasteiger partial charge in [-0.1, -0.05) is 196 Å². The van der Waals surface area contributed by atoms with E-state index in [-0.39, 0.29) is 10.8 Å². The van der Waals surface area contributed by atoms with E-state index in [9.17, 15) is 0 Å². The van der Waals surface area contributed by atoms with Gasteiger partial charge in [0.1, 0.15) is 5.69 Å². The Bertz CT molecular complexity index is 2060. The van der Waals surface area contributed by atoms with Crippen LogP contribution in [0.15, 0.2) is 206 Å². The van der Waals surface area contributed by atoms with Crippen molar-refractivity contribution in [1.29, 1.82) is 0 Å². The number of rotatable bonds is 14. The number of nitrogens with zero attached hydrogens (tertiary/aromatic N) is 1. The zero-order chi connectivity index (χ0) is 38.4. The van der Waals surface area contributed by atoms with Crippen molar-refractivity contribution < 1.29 is 5.32 Å². The molecule has 7 rings (SSSR count). The summed E-state index contributed by atoms with van der Waals surface area (Å²) in [4.78, 5) is 2.41. The van der Waals surface area contributed by atoms with Crippen molar-refractivity contribution in [3.63, 3.8) is 0 Å². The Labute approximate surface area is 330 Å². The number of nitrogens with two attached hydrogens (primary N) is 1. The first-order valence-electron chi connectivity index (χ1n) is 20.0. The number of hydrogen-bond donors (Lipinski definition) is 1. The minimum atomic E-state index is -0.205. The minimum absolute atomic E-state index is 0.123. The van der Waals surface area contributed by atoms with Gasteiger partial charge < -0.3 is 10.2 Å². The number of benzene rings is 6. The van der Waals surface area contributed by atoms with Gasteiger partial charge in [-0.3, -0.25) is 0 Å². The Morgan fingerprint density at radius 1 is 0.545 bits per heavy atom. The van der Waals surface area contributed by atoms with E-state index in [1.807, 2.05) is 13.8 Å². The van der Waals surface area contributed by atoms with Gasteiger partial charge in [-0.15, -0.1) is 0 Å². The standard InChI is InChI=1S/C51H50N2.C2H6/c1-52-47-33-20-18-31-45(47)50(37-41-23-9-5-10-24-41,38-42-25-11-6-12-26-42)36-22-4-3-17-35-49-51(39-43-27-13-7-14-28-43,40-44-29-15-8-16-30-44)46-32-19-21-34-48(46)53(49)2;1-2/h3-35,52H,36-40H2,1-2H3;1-2H3/p+1/b17-3+,22-4+,49-35+;. The first-order chi connectivity index (χ1) is 27.1. The fourth-order valence-corrected chi connectivity index (χ4v) is 8.65. The fourth-order valence-electron chi connectivity index (χ4n) is 8.65. The molecule has 0 radical (unpaired) electrons. The topological polar surface area (TPSA) is 19.9 Å². The number of fused-ring (bicyclic) bond motifs is 1. The predicted molar refractivity (Wildman–Crippen MR) is 235 cm³/mol. The van der Waals surface area contributed by atoms with Crippen molar-refractivity contribution in [2.24, 2.45) is 0 Å². The summed E-state index contributed by atoms with van der Waals surface area (Å²) in [6.45, 7) is 4.00. The van der Waals surface area contributed by atoms with Crippen LogP contribution in [0.2, 0.25) is 0 Å². The van der Waals surface area contributed by atoms with Crippen molar-refractivity contribution in [1.82, 2.24) is 0 Å². The van der Waals surface area contributed by atoms with Crippen LogP contribution >= 0.6 is 0 Å². The molecule has 0 bridgehead atoms. The molecule has 0 aromatic heterocycles. The second-order valence-electron chi connectivity index (χ2n) is 14.5. The lowest BCUT2D eigenvalue weighted by atomic mass is 9.68. The summed E-state index contributed by atoms with van der Waals surface area (Å²) in [6, 6.07) is 61.9. The molecule has 0 unspecified atom stereocenters. The summed E-state index contributed by atoms with van der Waals surface area (Å²) < 4.78 is 0. The zero-order valence-electron chi connectivity index (χ0n) is 33.1. The molecule has 1 heterocycles. The molecule has 0 amide bonds. The highest BCUT2D eigenvalue weighted by Crippen LogP contribution is 2.51. The monoisotopic (exact) mass is 721 g/mol. The van der Waals surface area contributed by atoms with Gasteiger partial charge in [0.2, 0.25) is 0 Å². The van der Waals surface area contributed by atoms with E-state index in [0.717, 1.165) is 32.1 Å². The van der Waals surface area contributed by atoms with E-state index in [2.05, 4.69) is 225 Å². The van der Waals surface area contributed by atoms with Crippen LogP contribution in [0.1, 0.15) is 53.6 Å². The minimum Gasteiger partial charge on any atom is -0.347 e. The smallest absolute Gasteiger partial charge is 0.133 e. The number of quaternary nitrogens is 1. The molecule has 1 aliphatic heterocycles. The Balaban J connectivity index is 0.00000253. The van der Waals surface area contributed by atoms with Crippen LogP contribution in [0.3, 0.4) is 0 Å². The normalized spacial score (nSPS) is 14.3. The molecule has 0 spiro atoms. The second kappa shape index (κ2) is 19.1. The van der Waals surface area contributed by atoms with Gasteiger partial charge in [-0.05, 0) is 78.1 Å². The number of anilines is 1. The van der Waals surface area contributed by atoms with Gasteiger partial charge in [0.25, 0.3) is 0 Å². The molecule has 0 saturated carbocycles. The lowest BCUT2D eigenvalue weighted by Crippen LogP contribution is -2.73. The van der Waals surface area contributed by atoms with Crippen LogP contribution in [-0.2, 0) is 36.5 Å². The van der Waals surface area contributed by atoms with Gasteiger partial charge in [-0.25, -0.2) is 0 Å². The first kappa shape index (κ1) is 39.0.